The largest absolute Gasteiger partial charge is 0.415 e. The zero-order valence-electron chi connectivity index (χ0n) is 20.5. The molecule has 1 aromatic carbocycles. The summed E-state index contributed by atoms with van der Waals surface area (Å²) in [5.41, 5.74) is 2.54. The Balaban J connectivity index is 0.000000177. The van der Waals surface area contributed by atoms with Gasteiger partial charge in [-0.2, -0.15) is 5.06 Å². The predicted octanol–water partition coefficient (Wildman–Crippen LogP) is 10.1. The third-order valence-corrected chi connectivity index (χ3v) is 8.95. The Kier molecular flexibility index (Phi) is 11.4. The Morgan fingerprint density at radius 2 is 1.76 bits per heavy atom. The van der Waals surface area contributed by atoms with Crippen LogP contribution in [-0.2, 0) is 4.84 Å². The Hall–Kier alpha value is -1.60. The molecule has 0 unspecified atom stereocenters. The fraction of sp³-hybridized carbons (Fsp3) is 0.308. The van der Waals surface area contributed by atoms with Crippen LogP contribution in [0.25, 0.3) is 23.0 Å². The number of nitrogens with zero attached hydrogens (tertiary/aromatic N) is 5. The van der Waals surface area contributed by atoms with Gasteiger partial charge < -0.3 is 9.25 Å². The molecule has 1 aliphatic heterocycles. The first kappa shape index (κ1) is 29.4. The van der Waals surface area contributed by atoms with E-state index in [0.29, 0.717) is 24.1 Å². The fourth-order valence-electron chi connectivity index (χ4n) is 3.55. The number of pyridine rings is 1. The van der Waals surface area contributed by atoms with Crippen molar-refractivity contribution in [3.8, 4) is 23.0 Å². The van der Waals surface area contributed by atoms with E-state index in [1.54, 1.807) is 17.5 Å². The molecular formula is C26H25Br4N5O2S. The number of unbranched alkanes of at least 4 members (excludes halogenated alkanes) is 4. The van der Waals surface area contributed by atoms with Gasteiger partial charge in [0.1, 0.15) is 18.1 Å². The lowest BCUT2D eigenvalue weighted by atomic mass is 10.1. The molecule has 0 radical (unpaired) electrons. The first-order valence-corrected chi connectivity index (χ1v) is 16.1. The number of benzene rings is 1. The van der Waals surface area contributed by atoms with Gasteiger partial charge in [-0.05, 0) is 90.6 Å². The van der Waals surface area contributed by atoms with Crippen LogP contribution in [0.1, 0.15) is 45.4 Å². The van der Waals surface area contributed by atoms with Crippen LogP contribution in [0.15, 0.2) is 74.6 Å². The molecule has 0 amide bonds. The van der Waals surface area contributed by atoms with Gasteiger partial charge >= 0.3 is 0 Å². The first-order valence-electron chi connectivity index (χ1n) is 12.1. The van der Waals surface area contributed by atoms with Crippen molar-refractivity contribution >= 4 is 86.6 Å². The van der Waals surface area contributed by atoms with Gasteiger partial charge in [-0.3, -0.25) is 4.98 Å². The van der Waals surface area contributed by atoms with E-state index in [9.17, 15) is 0 Å². The molecule has 0 saturated heterocycles. The summed E-state index contributed by atoms with van der Waals surface area (Å²) in [5, 5.41) is 9.92. The maximum atomic E-state index is 5.79. The van der Waals surface area contributed by atoms with Crippen molar-refractivity contribution in [2.45, 2.75) is 45.4 Å². The lowest BCUT2D eigenvalue weighted by Gasteiger charge is -2.15. The maximum absolute atomic E-state index is 5.79. The number of hydrogen-bond donors (Lipinski definition) is 0. The second-order valence-electron chi connectivity index (χ2n) is 8.29. The molecule has 0 aliphatic carbocycles. The Labute approximate surface area is 259 Å². The molecule has 0 fully saturated rings. The van der Waals surface area contributed by atoms with Crippen LogP contribution in [0.2, 0.25) is 0 Å². The van der Waals surface area contributed by atoms with Crippen molar-refractivity contribution in [1.82, 2.24) is 15.2 Å². The average molecular weight is 791 g/mol. The van der Waals surface area contributed by atoms with Gasteiger partial charge in [-0.15, -0.1) is 21.5 Å². The molecule has 7 nitrogen and oxygen atoms in total. The summed E-state index contributed by atoms with van der Waals surface area (Å²) in [6.07, 6.45) is 9.00. The zero-order valence-corrected chi connectivity index (χ0v) is 27.7. The molecule has 0 saturated carbocycles. The van der Waals surface area contributed by atoms with Gasteiger partial charge in [0, 0.05) is 21.6 Å². The number of halogens is 4. The zero-order chi connectivity index (χ0) is 26.9. The van der Waals surface area contributed by atoms with Crippen LogP contribution in [0, 0.1) is 0 Å². The van der Waals surface area contributed by atoms with Crippen LogP contribution >= 0.6 is 75.1 Å². The van der Waals surface area contributed by atoms with Crippen molar-refractivity contribution in [2.75, 3.05) is 11.7 Å². The van der Waals surface area contributed by atoms with Crippen molar-refractivity contribution in [3.63, 3.8) is 0 Å². The van der Waals surface area contributed by atoms with Gasteiger partial charge in [0.15, 0.2) is 0 Å². The Morgan fingerprint density at radius 1 is 0.947 bits per heavy atom. The lowest BCUT2D eigenvalue weighted by molar-refractivity contribution is 0.290. The predicted molar refractivity (Wildman–Crippen MR) is 167 cm³/mol. The van der Waals surface area contributed by atoms with Crippen molar-refractivity contribution in [2.24, 2.45) is 4.99 Å². The highest BCUT2D eigenvalue weighted by molar-refractivity contribution is 9.12. The lowest BCUT2D eigenvalue weighted by Crippen LogP contribution is -2.19. The fourth-order valence-corrected chi connectivity index (χ4v) is 7.12. The summed E-state index contributed by atoms with van der Waals surface area (Å²) in [5.74, 6) is 1.72. The number of hydrogen-bond acceptors (Lipinski definition) is 8. The second-order valence-corrected chi connectivity index (χ2v) is 13.8. The van der Waals surface area contributed by atoms with Gasteiger partial charge in [0.05, 0.1) is 13.1 Å². The molecule has 12 heteroatoms. The molecule has 4 aromatic rings. The van der Waals surface area contributed by atoms with E-state index in [2.05, 4.69) is 96.9 Å². The summed E-state index contributed by atoms with van der Waals surface area (Å²) < 4.78 is 9.66. The average Bonchev–Trinajstić information content (AvgIpc) is 3.66. The third-order valence-electron chi connectivity index (χ3n) is 5.46. The summed E-state index contributed by atoms with van der Waals surface area (Å²) in [6, 6.07) is 13.4. The van der Waals surface area contributed by atoms with Crippen molar-refractivity contribution < 1.29 is 9.25 Å². The molecule has 0 N–H and O–H groups in total. The second kappa shape index (κ2) is 14.7. The molecular weight excluding hydrogens is 766 g/mol. The number of aliphatic imine (C=N–C) groups is 1. The van der Waals surface area contributed by atoms with Crippen LogP contribution in [0.3, 0.4) is 0 Å². The van der Waals surface area contributed by atoms with Crippen LogP contribution in [0.4, 0.5) is 5.69 Å². The van der Waals surface area contributed by atoms with Crippen molar-refractivity contribution in [3.05, 3.63) is 65.2 Å². The van der Waals surface area contributed by atoms with E-state index >= 15 is 0 Å². The van der Waals surface area contributed by atoms with E-state index in [4.69, 9.17) is 9.25 Å². The minimum atomic E-state index is 0.405. The molecule has 0 atom stereocenters. The molecule has 0 spiro atoms. The summed E-state index contributed by atoms with van der Waals surface area (Å²) >= 11 is 15.6. The smallest absolute Gasteiger partial charge is 0.266 e. The summed E-state index contributed by atoms with van der Waals surface area (Å²) in [6.45, 7) is 2.82. The van der Waals surface area contributed by atoms with Gasteiger partial charge in [0.25, 0.3) is 5.89 Å². The van der Waals surface area contributed by atoms with Gasteiger partial charge in [-0.1, -0.05) is 54.6 Å². The van der Waals surface area contributed by atoms with Gasteiger partial charge in [-0.25, -0.2) is 4.99 Å². The molecule has 1 aliphatic rings. The van der Waals surface area contributed by atoms with Crippen LogP contribution < -0.4 is 5.06 Å². The molecule has 0 bridgehead atoms. The number of aromatic nitrogens is 3. The normalized spacial score (nSPS) is 12.7. The van der Waals surface area contributed by atoms with E-state index in [1.165, 1.54) is 32.1 Å². The van der Waals surface area contributed by atoms with Crippen LogP contribution in [0.5, 0.6) is 0 Å². The highest BCUT2D eigenvalue weighted by atomic mass is 79.9. The number of hydroxylamine groups is 1. The molecule has 200 valence electrons. The molecule has 3 aromatic heterocycles. The highest BCUT2D eigenvalue weighted by Gasteiger charge is 2.21. The van der Waals surface area contributed by atoms with Crippen LogP contribution in [-0.4, -0.2) is 27.7 Å². The highest BCUT2D eigenvalue weighted by Crippen LogP contribution is 2.39. The van der Waals surface area contributed by atoms with E-state index in [1.807, 2.05) is 41.5 Å². The molecule has 5 rings (SSSR count). The summed E-state index contributed by atoms with van der Waals surface area (Å²) in [7, 11) is 0. The monoisotopic (exact) mass is 787 g/mol. The van der Waals surface area contributed by atoms with E-state index < -0.39 is 0 Å². The topological polar surface area (TPSA) is 76.6 Å². The first-order chi connectivity index (χ1) is 18.4. The SMILES string of the molecule is Brc1ccc(Br)c(-c2nnc(-c3ccccn3)o2)c1.CCCCCCCC1=NCN(c2cc(Br)sc2Br)O1. The number of rotatable bonds is 9. The molecule has 4 heterocycles. The minimum absolute atomic E-state index is 0.405. The van der Waals surface area contributed by atoms with Gasteiger partial charge in [0.2, 0.25) is 11.8 Å². The van der Waals surface area contributed by atoms with E-state index in [0.717, 1.165) is 40.1 Å². The third kappa shape index (κ3) is 8.20. The van der Waals surface area contributed by atoms with E-state index in [-0.39, 0.29) is 0 Å². The minimum Gasteiger partial charge on any atom is -0.415 e. The van der Waals surface area contributed by atoms with Crippen molar-refractivity contribution in [1.29, 1.82) is 0 Å². The maximum Gasteiger partial charge on any atom is 0.266 e. The summed E-state index contributed by atoms with van der Waals surface area (Å²) in [4.78, 5) is 14.4. The standard InChI is InChI=1S/C13H7Br2N3O.C13H18Br2N2OS/c14-8-4-5-10(15)9(7-8)12-17-18-13(19-12)11-3-1-2-6-16-11;1-2-3-4-5-6-7-12-16-9-17(18-12)10-8-11(14)19-13(10)15/h1-7H;8H,2-7,9H2,1H3. The molecule has 38 heavy (non-hydrogen) atoms. The number of anilines is 1. The quantitative estimate of drug-likeness (QED) is 0.157. The Morgan fingerprint density at radius 3 is 2.50 bits per heavy atom. The number of thiophene rings is 1. The Bertz CT molecular complexity index is 1360.